The van der Waals surface area contributed by atoms with Gasteiger partial charge in [0.25, 0.3) is 11.8 Å². The Balaban J connectivity index is 1.88. The Kier molecular flexibility index (Phi) is 14.9. The summed E-state index contributed by atoms with van der Waals surface area (Å²) in [5.41, 5.74) is 5.95. The molecule has 1 saturated carbocycles. The largest absolute Gasteiger partial charge is 0.493 e. The minimum Gasteiger partial charge on any atom is -0.493 e. The van der Waals surface area contributed by atoms with Crippen LogP contribution in [0.5, 0.6) is 5.75 Å². The molecular formula is C31H53N3O6. The average Bonchev–Trinajstić information content (AvgIpc) is 2.97. The van der Waals surface area contributed by atoms with Crippen LogP contribution in [0.3, 0.4) is 0 Å². The molecule has 1 aromatic rings. The lowest BCUT2D eigenvalue weighted by atomic mass is 9.77. The molecule has 228 valence electrons. The Bertz CT molecular complexity index is 892. The second-order valence-corrected chi connectivity index (χ2v) is 11.6. The first-order valence-corrected chi connectivity index (χ1v) is 14.9. The second kappa shape index (κ2) is 17.6. The first-order chi connectivity index (χ1) is 19.1. The Labute approximate surface area is 240 Å². The van der Waals surface area contributed by atoms with Gasteiger partial charge < -0.3 is 35.7 Å². The summed E-state index contributed by atoms with van der Waals surface area (Å²) >= 11 is 0. The lowest BCUT2D eigenvalue weighted by Crippen LogP contribution is -2.54. The van der Waals surface area contributed by atoms with E-state index in [-0.39, 0.29) is 36.1 Å². The summed E-state index contributed by atoms with van der Waals surface area (Å²) < 4.78 is 16.6. The van der Waals surface area contributed by atoms with Gasteiger partial charge in [-0.15, -0.1) is 0 Å². The number of aliphatic hydroxyl groups excluding tert-OH is 1. The van der Waals surface area contributed by atoms with Crippen LogP contribution in [-0.4, -0.2) is 75.2 Å². The highest BCUT2D eigenvalue weighted by atomic mass is 16.5. The van der Waals surface area contributed by atoms with Gasteiger partial charge in [-0.2, -0.15) is 0 Å². The fourth-order valence-electron chi connectivity index (χ4n) is 5.35. The van der Waals surface area contributed by atoms with Crippen LogP contribution >= 0.6 is 0 Å². The molecule has 0 aliphatic heterocycles. The standard InChI is InChI=1S/C31H53N3O6/c1-22(2)23(20-33-29(36)25-15-9-10-16-28(25)40-18-12-11-17-38-4)19-26(32)27(35)21-34-30(37)31(3,39-5)24-13-7-6-8-14-24/h9-10,15-16,22-24,26-27,35H,6-8,11-14,17-21,32H2,1-5H3,(H,33,36)(H,34,37). The zero-order chi connectivity index (χ0) is 29.5. The number of aliphatic hydroxyl groups is 1. The summed E-state index contributed by atoms with van der Waals surface area (Å²) in [7, 11) is 3.25. The number of methoxy groups -OCH3 is 2. The van der Waals surface area contributed by atoms with Gasteiger partial charge in [-0.3, -0.25) is 9.59 Å². The Morgan fingerprint density at radius 3 is 2.38 bits per heavy atom. The Hall–Kier alpha value is -2.20. The van der Waals surface area contributed by atoms with Crippen molar-refractivity contribution >= 4 is 11.8 Å². The van der Waals surface area contributed by atoms with Gasteiger partial charge in [-0.05, 0) is 68.9 Å². The zero-order valence-corrected chi connectivity index (χ0v) is 25.2. The smallest absolute Gasteiger partial charge is 0.255 e. The predicted molar refractivity (Wildman–Crippen MR) is 157 cm³/mol. The molecule has 9 heteroatoms. The fraction of sp³-hybridized carbons (Fsp3) is 0.742. The molecule has 1 fully saturated rings. The van der Waals surface area contributed by atoms with E-state index in [9.17, 15) is 14.7 Å². The molecule has 5 N–H and O–H groups in total. The van der Waals surface area contributed by atoms with E-state index in [1.165, 1.54) is 6.42 Å². The Morgan fingerprint density at radius 2 is 1.73 bits per heavy atom. The molecule has 0 saturated heterocycles. The van der Waals surface area contributed by atoms with Crippen LogP contribution in [0.1, 0.15) is 82.5 Å². The molecule has 0 bridgehead atoms. The van der Waals surface area contributed by atoms with Crippen LogP contribution < -0.4 is 21.1 Å². The van der Waals surface area contributed by atoms with Gasteiger partial charge in [0.1, 0.15) is 11.4 Å². The first kappa shape index (κ1) is 34.0. The molecule has 4 atom stereocenters. The van der Waals surface area contributed by atoms with Crippen molar-refractivity contribution in [1.29, 1.82) is 0 Å². The van der Waals surface area contributed by atoms with Crippen molar-refractivity contribution in [3.05, 3.63) is 29.8 Å². The normalized spacial score (nSPS) is 18.0. The summed E-state index contributed by atoms with van der Waals surface area (Å²) in [4.78, 5) is 26.1. The molecule has 0 radical (unpaired) electrons. The number of hydrogen-bond donors (Lipinski definition) is 4. The average molecular weight is 564 g/mol. The lowest BCUT2D eigenvalue weighted by molar-refractivity contribution is -0.150. The third-order valence-corrected chi connectivity index (χ3v) is 8.40. The molecule has 1 aromatic carbocycles. The van der Waals surface area contributed by atoms with Gasteiger partial charge in [-0.25, -0.2) is 0 Å². The number of ether oxygens (including phenoxy) is 3. The molecule has 0 heterocycles. The van der Waals surface area contributed by atoms with E-state index in [0.717, 1.165) is 38.5 Å². The topological polar surface area (TPSA) is 132 Å². The zero-order valence-electron chi connectivity index (χ0n) is 25.2. The first-order valence-electron chi connectivity index (χ1n) is 14.9. The third kappa shape index (κ3) is 10.3. The van der Waals surface area contributed by atoms with Crippen LogP contribution in [0.15, 0.2) is 24.3 Å². The highest BCUT2D eigenvalue weighted by Crippen LogP contribution is 2.35. The van der Waals surface area contributed by atoms with Crippen LogP contribution in [0.2, 0.25) is 0 Å². The van der Waals surface area contributed by atoms with Gasteiger partial charge in [0, 0.05) is 40.0 Å². The number of nitrogens with two attached hydrogens (primary N) is 1. The summed E-state index contributed by atoms with van der Waals surface area (Å²) in [5.74, 6) is 0.567. The molecule has 2 rings (SSSR count). The number of benzene rings is 1. The van der Waals surface area contributed by atoms with Crippen molar-refractivity contribution in [1.82, 2.24) is 10.6 Å². The minimum atomic E-state index is -0.918. The van der Waals surface area contributed by atoms with E-state index in [2.05, 4.69) is 24.5 Å². The van der Waals surface area contributed by atoms with E-state index in [0.29, 0.717) is 37.5 Å². The third-order valence-electron chi connectivity index (χ3n) is 8.40. The van der Waals surface area contributed by atoms with Gasteiger partial charge in [0.15, 0.2) is 0 Å². The molecule has 0 spiro atoms. The molecule has 40 heavy (non-hydrogen) atoms. The number of carbonyl (C=O) groups excluding carboxylic acids is 2. The maximum Gasteiger partial charge on any atom is 0.255 e. The van der Waals surface area contributed by atoms with Gasteiger partial charge in [0.05, 0.1) is 18.3 Å². The fourth-order valence-corrected chi connectivity index (χ4v) is 5.35. The monoisotopic (exact) mass is 563 g/mol. The Morgan fingerprint density at radius 1 is 1.05 bits per heavy atom. The number of rotatable bonds is 18. The lowest BCUT2D eigenvalue weighted by Gasteiger charge is -2.37. The van der Waals surface area contributed by atoms with Crippen LogP contribution in [-0.2, 0) is 14.3 Å². The van der Waals surface area contributed by atoms with Crippen molar-refractivity contribution in [2.24, 2.45) is 23.5 Å². The quantitative estimate of drug-likeness (QED) is 0.200. The summed E-state index contributed by atoms with van der Waals surface area (Å²) in [6.07, 6.45) is 6.64. The van der Waals surface area contributed by atoms with Gasteiger partial charge in [-0.1, -0.05) is 45.2 Å². The predicted octanol–water partition coefficient (Wildman–Crippen LogP) is 3.67. The molecule has 9 nitrogen and oxygen atoms in total. The SMILES string of the molecule is COCCCCOc1ccccc1C(=O)NCC(CC(N)C(O)CNC(=O)C(C)(OC)C1CCCCC1)C(C)C. The van der Waals surface area contributed by atoms with E-state index in [4.69, 9.17) is 19.9 Å². The molecular weight excluding hydrogens is 510 g/mol. The van der Waals surface area contributed by atoms with Gasteiger partial charge >= 0.3 is 0 Å². The second-order valence-electron chi connectivity index (χ2n) is 11.6. The highest BCUT2D eigenvalue weighted by molar-refractivity contribution is 5.96. The summed E-state index contributed by atoms with van der Waals surface area (Å²) in [6.45, 7) is 7.64. The molecule has 0 aromatic heterocycles. The van der Waals surface area contributed by atoms with Crippen molar-refractivity contribution in [2.75, 3.05) is 40.5 Å². The van der Waals surface area contributed by atoms with Crippen LogP contribution in [0, 0.1) is 17.8 Å². The van der Waals surface area contributed by atoms with Gasteiger partial charge in [0.2, 0.25) is 0 Å². The molecule has 1 aliphatic carbocycles. The number of carbonyl (C=O) groups is 2. The number of amides is 2. The minimum absolute atomic E-state index is 0.0397. The highest BCUT2D eigenvalue weighted by Gasteiger charge is 2.42. The van der Waals surface area contributed by atoms with Crippen molar-refractivity contribution in [3.8, 4) is 5.75 Å². The number of unbranched alkanes of at least 4 members (excludes halogenated alkanes) is 1. The van der Waals surface area contributed by atoms with Crippen molar-refractivity contribution in [3.63, 3.8) is 0 Å². The van der Waals surface area contributed by atoms with Crippen molar-refractivity contribution < 1.29 is 28.9 Å². The van der Waals surface area contributed by atoms with E-state index in [1.807, 2.05) is 19.1 Å². The number of para-hydroxylation sites is 1. The maximum absolute atomic E-state index is 13.1. The van der Waals surface area contributed by atoms with E-state index >= 15 is 0 Å². The number of nitrogens with one attached hydrogen (secondary N) is 2. The number of hydrogen-bond acceptors (Lipinski definition) is 7. The van der Waals surface area contributed by atoms with Crippen molar-refractivity contribution in [2.45, 2.75) is 89.9 Å². The molecule has 1 aliphatic rings. The van der Waals surface area contributed by atoms with E-state index in [1.54, 1.807) is 26.4 Å². The summed E-state index contributed by atoms with van der Waals surface area (Å²) in [6, 6.07) is 6.66. The maximum atomic E-state index is 13.1. The summed E-state index contributed by atoms with van der Waals surface area (Å²) in [5, 5.41) is 16.7. The van der Waals surface area contributed by atoms with Crippen LogP contribution in [0.25, 0.3) is 0 Å². The van der Waals surface area contributed by atoms with E-state index < -0.39 is 17.7 Å². The van der Waals surface area contributed by atoms with Crippen LogP contribution in [0.4, 0.5) is 0 Å². The molecule has 2 amide bonds. The molecule has 4 unspecified atom stereocenters.